The van der Waals surface area contributed by atoms with Gasteiger partial charge in [0.25, 0.3) is 5.91 Å². The Bertz CT molecular complexity index is 682. The molecule has 1 amide bonds. The second-order valence-electron chi connectivity index (χ2n) is 4.96. The van der Waals surface area contributed by atoms with Gasteiger partial charge < -0.3 is 10.4 Å². The molecule has 0 heterocycles. The number of carbonyl (C=O) groups is 1. The van der Waals surface area contributed by atoms with E-state index in [9.17, 15) is 9.90 Å². The molecule has 3 nitrogen and oxygen atoms in total. The molecule has 0 fully saturated rings. The van der Waals surface area contributed by atoms with Crippen molar-refractivity contribution in [3.05, 3.63) is 58.1 Å². The molecule has 0 saturated carbocycles. The normalized spacial score (nSPS) is 13.1. The van der Waals surface area contributed by atoms with Gasteiger partial charge in [-0.2, -0.15) is 0 Å². The summed E-state index contributed by atoms with van der Waals surface area (Å²) in [4.78, 5) is 12.2. The number of nitrogens with one attached hydrogen (secondary N) is 1. The summed E-state index contributed by atoms with van der Waals surface area (Å²) in [6.45, 7) is 0. The third kappa shape index (κ3) is 2.49. The second kappa shape index (κ2) is 5.17. The molecule has 1 aliphatic rings. The van der Waals surface area contributed by atoms with Crippen LogP contribution in [0.4, 0.5) is 5.69 Å². The number of fused-ring (bicyclic) bond motifs is 1. The van der Waals surface area contributed by atoms with E-state index < -0.39 is 0 Å². The first-order valence-electron chi connectivity index (χ1n) is 6.55. The van der Waals surface area contributed by atoms with Crippen LogP contribution in [0.3, 0.4) is 0 Å². The van der Waals surface area contributed by atoms with E-state index in [2.05, 4.69) is 5.32 Å². The number of rotatable bonds is 2. The highest BCUT2D eigenvalue weighted by atomic mass is 35.5. The van der Waals surface area contributed by atoms with Gasteiger partial charge in [-0.25, -0.2) is 0 Å². The average molecular weight is 288 g/mol. The maximum atomic E-state index is 12.2. The van der Waals surface area contributed by atoms with Gasteiger partial charge >= 0.3 is 0 Å². The van der Waals surface area contributed by atoms with E-state index in [0.29, 0.717) is 11.3 Å². The fraction of sp³-hybridized carbons (Fsp3) is 0.188. The van der Waals surface area contributed by atoms with E-state index in [-0.39, 0.29) is 16.7 Å². The van der Waals surface area contributed by atoms with Crippen LogP contribution in [0.2, 0.25) is 5.02 Å². The standard InChI is InChI=1S/C16H14ClNO2/c17-14-9-13(6-7-15(14)19)18-16(20)12-5-4-10-2-1-3-11(10)8-12/h4-9,19H,1-3H2,(H,18,20). The Kier molecular flexibility index (Phi) is 3.36. The molecule has 3 rings (SSSR count). The predicted octanol–water partition coefficient (Wildman–Crippen LogP) is 3.79. The molecule has 2 N–H and O–H groups in total. The van der Waals surface area contributed by atoms with Crippen LogP contribution in [0.5, 0.6) is 5.75 Å². The lowest BCUT2D eigenvalue weighted by Crippen LogP contribution is -2.12. The summed E-state index contributed by atoms with van der Waals surface area (Å²) in [5.74, 6) is -0.163. The highest BCUT2D eigenvalue weighted by molar-refractivity contribution is 6.32. The second-order valence-corrected chi connectivity index (χ2v) is 5.36. The van der Waals surface area contributed by atoms with Crippen molar-refractivity contribution >= 4 is 23.2 Å². The lowest BCUT2D eigenvalue weighted by atomic mass is 10.1. The first kappa shape index (κ1) is 13.0. The minimum Gasteiger partial charge on any atom is -0.506 e. The molecule has 0 aromatic heterocycles. The van der Waals surface area contributed by atoms with Crippen molar-refractivity contribution < 1.29 is 9.90 Å². The van der Waals surface area contributed by atoms with E-state index in [4.69, 9.17) is 11.6 Å². The number of aromatic hydroxyl groups is 1. The molecule has 0 atom stereocenters. The third-order valence-corrected chi connectivity index (χ3v) is 3.87. The lowest BCUT2D eigenvalue weighted by Gasteiger charge is -2.08. The van der Waals surface area contributed by atoms with Crippen molar-refractivity contribution in [2.75, 3.05) is 5.32 Å². The summed E-state index contributed by atoms with van der Waals surface area (Å²) in [6, 6.07) is 10.4. The van der Waals surface area contributed by atoms with Crippen molar-refractivity contribution in [3.8, 4) is 5.75 Å². The molecule has 0 aliphatic heterocycles. The zero-order valence-corrected chi connectivity index (χ0v) is 11.6. The van der Waals surface area contributed by atoms with Gasteiger partial charge in [0.2, 0.25) is 0 Å². The number of phenols is 1. The Balaban J connectivity index is 1.80. The van der Waals surface area contributed by atoms with Gasteiger partial charge in [-0.05, 0) is 60.7 Å². The van der Waals surface area contributed by atoms with E-state index in [1.807, 2.05) is 18.2 Å². The van der Waals surface area contributed by atoms with Crippen molar-refractivity contribution in [1.82, 2.24) is 0 Å². The van der Waals surface area contributed by atoms with E-state index in [1.54, 1.807) is 6.07 Å². The van der Waals surface area contributed by atoms with Gasteiger partial charge in [-0.15, -0.1) is 0 Å². The monoisotopic (exact) mass is 287 g/mol. The highest BCUT2D eigenvalue weighted by Crippen LogP contribution is 2.27. The molecule has 0 radical (unpaired) electrons. The molecular weight excluding hydrogens is 274 g/mol. The van der Waals surface area contributed by atoms with Crippen molar-refractivity contribution in [2.24, 2.45) is 0 Å². The van der Waals surface area contributed by atoms with Crippen LogP contribution in [0, 0.1) is 0 Å². The highest BCUT2D eigenvalue weighted by Gasteiger charge is 2.14. The molecule has 0 unspecified atom stereocenters. The summed E-state index contributed by atoms with van der Waals surface area (Å²) in [6.07, 6.45) is 3.31. The number of carbonyl (C=O) groups excluding carboxylic acids is 1. The number of amides is 1. The Hall–Kier alpha value is -2.00. The molecule has 0 bridgehead atoms. The van der Waals surface area contributed by atoms with E-state index in [0.717, 1.165) is 19.3 Å². The first-order valence-corrected chi connectivity index (χ1v) is 6.93. The van der Waals surface area contributed by atoms with Crippen molar-refractivity contribution in [1.29, 1.82) is 0 Å². The summed E-state index contributed by atoms with van der Waals surface area (Å²) >= 11 is 5.82. The van der Waals surface area contributed by atoms with Crippen LogP contribution in [-0.2, 0) is 12.8 Å². The van der Waals surface area contributed by atoms with Gasteiger partial charge in [0, 0.05) is 11.3 Å². The van der Waals surface area contributed by atoms with Gasteiger partial charge in [-0.1, -0.05) is 17.7 Å². The summed E-state index contributed by atoms with van der Waals surface area (Å²) < 4.78 is 0. The molecular formula is C16H14ClNO2. The molecule has 2 aromatic rings. The summed E-state index contributed by atoms with van der Waals surface area (Å²) in [5, 5.41) is 12.4. The van der Waals surface area contributed by atoms with Crippen LogP contribution in [-0.4, -0.2) is 11.0 Å². The zero-order chi connectivity index (χ0) is 14.1. The van der Waals surface area contributed by atoms with Gasteiger partial charge in [-0.3, -0.25) is 4.79 Å². The maximum Gasteiger partial charge on any atom is 0.255 e. The van der Waals surface area contributed by atoms with Crippen molar-refractivity contribution in [3.63, 3.8) is 0 Å². The number of aryl methyl sites for hydroxylation is 2. The first-order chi connectivity index (χ1) is 9.63. The SMILES string of the molecule is O=C(Nc1ccc(O)c(Cl)c1)c1ccc2c(c1)CCC2. The van der Waals surface area contributed by atoms with E-state index >= 15 is 0 Å². The summed E-state index contributed by atoms with van der Waals surface area (Å²) in [5.41, 5.74) is 3.82. The molecule has 102 valence electrons. The maximum absolute atomic E-state index is 12.2. The number of benzene rings is 2. The third-order valence-electron chi connectivity index (χ3n) is 3.57. The molecule has 2 aromatic carbocycles. The molecule has 0 spiro atoms. The fourth-order valence-corrected chi connectivity index (χ4v) is 2.68. The van der Waals surface area contributed by atoms with E-state index in [1.165, 1.54) is 23.3 Å². The largest absolute Gasteiger partial charge is 0.506 e. The minimum absolute atomic E-state index is 0.00203. The lowest BCUT2D eigenvalue weighted by molar-refractivity contribution is 0.102. The topological polar surface area (TPSA) is 49.3 Å². The number of phenolic OH excluding ortho intramolecular Hbond substituents is 1. The Morgan fingerprint density at radius 3 is 2.70 bits per heavy atom. The Labute approximate surface area is 122 Å². The molecule has 4 heteroatoms. The minimum atomic E-state index is -0.165. The molecule has 20 heavy (non-hydrogen) atoms. The van der Waals surface area contributed by atoms with Crippen LogP contribution < -0.4 is 5.32 Å². The zero-order valence-electron chi connectivity index (χ0n) is 10.8. The summed E-state index contributed by atoms with van der Waals surface area (Å²) in [7, 11) is 0. The van der Waals surface area contributed by atoms with Crippen LogP contribution in [0.15, 0.2) is 36.4 Å². The van der Waals surface area contributed by atoms with Crippen LogP contribution >= 0.6 is 11.6 Å². The smallest absolute Gasteiger partial charge is 0.255 e. The molecule has 0 saturated heterocycles. The van der Waals surface area contributed by atoms with Gasteiger partial charge in [0.05, 0.1) is 5.02 Å². The van der Waals surface area contributed by atoms with Gasteiger partial charge in [0.1, 0.15) is 5.75 Å². The Morgan fingerprint density at radius 2 is 1.90 bits per heavy atom. The average Bonchev–Trinajstić information content (AvgIpc) is 2.90. The predicted molar refractivity (Wildman–Crippen MR) is 79.5 cm³/mol. The number of hydrogen-bond acceptors (Lipinski definition) is 2. The van der Waals surface area contributed by atoms with Crippen LogP contribution in [0.25, 0.3) is 0 Å². The van der Waals surface area contributed by atoms with Crippen molar-refractivity contribution in [2.45, 2.75) is 19.3 Å². The Morgan fingerprint density at radius 1 is 1.10 bits per heavy atom. The number of halogens is 1. The van der Waals surface area contributed by atoms with Gasteiger partial charge in [0.15, 0.2) is 0 Å². The fourth-order valence-electron chi connectivity index (χ4n) is 2.50. The number of anilines is 1. The quantitative estimate of drug-likeness (QED) is 0.826. The van der Waals surface area contributed by atoms with Crippen LogP contribution in [0.1, 0.15) is 27.9 Å². The molecule has 1 aliphatic carbocycles. The number of hydrogen-bond donors (Lipinski definition) is 2.